The molecule has 3 amide bonds. The standard InChI is InChI=1S/C24H24N4O3/c1-3-9-20-19(22(29)28(26-20)18-12-5-4-6-13-18)14-21-23(30)27(24(31)25-21)15-17-11-8-7-10-16(17)2/h4-8,10-14,26H,3,9,15H2,1-2H3,(H,25,31). The van der Waals surface area contributed by atoms with Crippen molar-refractivity contribution in [2.75, 3.05) is 0 Å². The second-order valence-corrected chi connectivity index (χ2v) is 7.54. The number of aryl methyl sites for hydroxylation is 2. The quantitative estimate of drug-likeness (QED) is 0.476. The van der Waals surface area contributed by atoms with Crippen molar-refractivity contribution < 1.29 is 9.59 Å². The summed E-state index contributed by atoms with van der Waals surface area (Å²) in [5.41, 5.74) is 3.55. The zero-order valence-corrected chi connectivity index (χ0v) is 17.5. The summed E-state index contributed by atoms with van der Waals surface area (Å²) in [5, 5.41) is 5.77. The van der Waals surface area contributed by atoms with Gasteiger partial charge in [0.15, 0.2) is 0 Å². The number of nitrogens with zero attached hydrogens (tertiary/aromatic N) is 2. The van der Waals surface area contributed by atoms with Crippen molar-refractivity contribution >= 4 is 18.0 Å². The van der Waals surface area contributed by atoms with E-state index < -0.39 is 11.9 Å². The minimum atomic E-state index is -0.490. The van der Waals surface area contributed by atoms with Crippen LogP contribution in [0.1, 0.15) is 35.7 Å². The second kappa shape index (κ2) is 8.47. The molecule has 31 heavy (non-hydrogen) atoms. The van der Waals surface area contributed by atoms with Crippen LogP contribution in [0, 0.1) is 6.92 Å². The molecule has 2 heterocycles. The Labute approximate surface area is 180 Å². The maximum atomic E-state index is 13.1. The number of urea groups is 1. The molecule has 7 nitrogen and oxygen atoms in total. The highest BCUT2D eigenvalue weighted by atomic mass is 16.2. The molecule has 2 N–H and O–H groups in total. The number of nitrogens with one attached hydrogen (secondary N) is 2. The van der Waals surface area contributed by atoms with Crippen LogP contribution in [0.25, 0.3) is 11.8 Å². The van der Waals surface area contributed by atoms with Gasteiger partial charge in [0.25, 0.3) is 11.5 Å². The van der Waals surface area contributed by atoms with Gasteiger partial charge < -0.3 is 5.32 Å². The van der Waals surface area contributed by atoms with Crippen LogP contribution in [0.3, 0.4) is 0 Å². The van der Waals surface area contributed by atoms with Crippen molar-refractivity contribution in [2.45, 2.75) is 33.2 Å². The van der Waals surface area contributed by atoms with Gasteiger partial charge in [0.1, 0.15) is 5.70 Å². The normalized spacial score (nSPS) is 15.0. The van der Waals surface area contributed by atoms with E-state index in [9.17, 15) is 14.4 Å². The van der Waals surface area contributed by atoms with E-state index in [1.165, 1.54) is 10.8 Å². The summed E-state index contributed by atoms with van der Waals surface area (Å²) in [6.07, 6.45) is 2.95. The van der Waals surface area contributed by atoms with E-state index in [2.05, 4.69) is 10.4 Å². The van der Waals surface area contributed by atoms with Crippen molar-refractivity contribution in [3.8, 4) is 5.69 Å². The molecule has 158 valence electrons. The number of benzene rings is 2. The first-order chi connectivity index (χ1) is 15.0. The fraction of sp³-hybridized carbons (Fsp3) is 0.208. The van der Waals surface area contributed by atoms with E-state index in [0.717, 1.165) is 28.1 Å². The molecule has 1 saturated heterocycles. The first kappa shape index (κ1) is 20.4. The Hall–Kier alpha value is -3.87. The van der Waals surface area contributed by atoms with Crippen molar-refractivity contribution in [1.29, 1.82) is 0 Å². The zero-order chi connectivity index (χ0) is 22.0. The Morgan fingerprint density at radius 2 is 1.68 bits per heavy atom. The van der Waals surface area contributed by atoms with Crippen LogP contribution in [-0.4, -0.2) is 26.6 Å². The van der Waals surface area contributed by atoms with E-state index in [4.69, 9.17) is 0 Å². The molecule has 2 aromatic carbocycles. The van der Waals surface area contributed by atoms with Crippen LogP contribution in [0.5, 0.6) is 0 Å². The number of para-hydroxylation sites is 1. The lowest BCUT2D eigenvalue weighted by atomic mass is 10.1. The van der Waals surface area contributed by atoms with Crippen molar-refractivity contribution in [3.05, 3.63) is 93.0 Å². The second-order valence-electron chi connectivity index (χ2n) is 7.54. The van der Waals surface area contributed by atoms with Crippen LogP contribution in [0.2, 0.25) is 0 Å². The Kier molecular flexibility index (Phi) is 5.58. The molecule has 0 unspecified atom stereocenters. The largest absolute Gasteiger partial charge is 0.329 e. The Morgan fingerprint density at radius 3 is 2.39 bits per heavy atom. The first-order valence-corrected chi connectivity index (χ1v) is 10.3. The third-order valence-electron chi connectivity index (χ3n) is 5.36. The van der Waals surface area contributed by atoms with E-state index in [-0.39, 0.29) is 17.8 Å². The van der Waals surface area contributed by atoms with Gasteiger partial charge >= 0.3 is 6.03 Å². The molecule has 4 rings (SSSR count). The molecule has 3 aromatic rings. The number of imide groups is 1. The number of carbonyl (C=O) groups is 2. The van der Waals surface area contributed by atoms with E-state index in [1.807, 2.05) is 68.4 Å². The Balaban J connectivity index is 1.69. The molecule has 1 aliphatic rings. The Morgan fingerprint density at radius 1 is 0.968 bits per heavy atom. The van der Waals surface area contributed by atoms with E-state index in [0.29, 0.717) is 17.7 Å². The van der Waals surface area contributed by atoms with Gasteiger partial charge in [-0.15, -0.1) is 0 Å². The summed E-state index contributed by atoms with van der Waals surface area (Å²) >= 11 is 0. The fourth-order valence-electron chi connectivity index (χ4n) is 3.66. The fourth-order valence-corrected chi connectivity index (χ4v) is 3.66. The number of aromatic nitrogens is 2. The number of hydrogen-bond donors (Lipinski definition) is 2. The number of H-pyrrole nitrogens is 1. The summed E-state index contributed by atoms with van der Waals surface area (Å²) in [7, 11) is 0. The van der Waals surface area contributed by atoms with E-state index >= 15 is 0 Å². The van der Waals surface area contributed by atoms with Gasteiger partial charge in [-0.1, -0.05) is 55.8 Å². The van der Waals surface area contributed by atoms with Gasteiger partial charge in [0.2, 0.25) is 0 Å². The molecule has 1 fully saturated rings. The molecule has 0 atom stereocenters. The maximum absolute atomic E-state index is 13.1. The third-order valence-corrected chi connectivity index (χ3v) is 5.36. The Bertz CT molecular complexity index is 1220. The van der Waals surface area contributed by atoms with Crippen molar-refractivity contribution in [2.24, 2.45) is 0 Å². The predicted molar refractivity (Wildman–Crippen MR) is 119 cm³/mol. The zero-order valence-electron chi connectivity index (χ0n) is 17.5. The van der Waals surface area contributed by atoms with Gasteiger partial charge in [0, 0.05) is 5.69 Å². The number of carbonyl (C=O) groups excluding carboxylic acids is 2. The number of aromatic amines is 1. The number of hydrogen-bond acceptors (Lipinski definition) is 3. The molecule has 1 aliphatic heterocycles. The minimum absolute atomic E-state index is 0.104. The number of rotatable bonds is 6. The van der Waals surface area contributed by atoms with Gasteiger partial charge in [-0.05, 0) is 42.7 Å². The predicted octanol–water partition coefficient (Wildman–Crippen LogP) is 3.52. The summed E-state index contributed by atoms with van der Waals surface area (Å²) in [4.78, 5) is 39.7. The van der Waals surface area contributed by atoms with Crippen LogP contribution in [-0.2, 0) is 17.8 Å². The lowest BCUT2D eigenvalue weighted by Crippen LogP contribution is -2.30. The first-order valence-electron chi connectivity index (χ1n) is 10.3. The summed E-state index contributed by atoms with van der Waals surface area (Å²) < 4.78 is 1.46. The summed E-state index contributed by atoms with van der Waals surface area (Å²) in [5.74, 6) is -0.442. The smallest absolute Gasteiger partial charge is 0.303 e. The van der Waals surface area contributed by atoms with Crippen molar-refractivity contribution in [3.63, 3.8) is 0 Å². The molecule has 7 heteroatoms. The molecule has 0 spiro atoms. The number of amides is 3. The molecule has 0 aliphatic carbocycles. The lowest BCUT2D eigenvalue weighted by molar-refractivity contribution is -0.123. The van der Waals surface area contributed by atoms with Gasteiger partial charge in [-0.3, -0.25) is 19.6 Å². The molecule has 0 saturated carbocycles. The van der Waals surface area contributed by atoms with Crippen molar-refractivity contribution in [1.82, 2.24) is 20.0 Å². The van der Waals surface area contributed by atoms with Crippen LogP contribution in [0.4, 0.5) is 4.79 Å². The summed E-state index contributed by atoms with van der Waals surface area (Å²) in [6, 6.07) is 16.4. The monoisotopic (exact) mass is 416 g/mol. The average Bonchev–Trinajstić information content (AvgIpc) is 3.22. The highest BCUT2D eigenvalue weighted by Gasteiger charge is 2.34. The highest BCUT2D eigenvalue weighted by molar-refractivity contribution is 6.13. The topological polar surface area (TPSA) is 87.2 Å². The van der Waals surface area contributed by atoms with Crippen LogP contribution in [0.15, 0.2) is 65.1 Å². The van der Waals surface area contributed by atoms with Gasteiger partial charge in [-0.25, -0.2) is 9.48 Å². The maximum Gasteiger partial charge on any atom is 0.329 e. The average molecular weight is 416 g/mol. The van der Waals surface area contributed by atoms with Crippen LogP contribution >= 0.6 is 0 Å². The van der Waals surface area contributed by atoms with Gasteiger partial charge in [-0.2, -0.15) is 0 Å². The molecular weight excluding hydrogens is 392 g/mol. The minimum Gasteiger partial charge on any atom is -0.303 e. The van der Waals surface area contributed by atoms with E-state index in [1.54, 1.807) is 0 Å². The lowest BCUT2D eigenvalue weighted by Gasteiger charge is -2.13. The SMILES string of the molecule is CCCc1[nH]n(-c2ccccc2)c(=O)c1C=C1NC(=O)N(Cc2ccccc2C)C1=O. The van der Waals surface area contributed by atoms with Gasteiger partial charge in [0.05, 0.1) is 17.8 Å². The highest BCUT2D eigenvalue weighted by Crippen LogP contribution is 2.19. The molecule has 0 bridgehead atoms. The molecule has 0 radical (unpaired) electrons. The molecule has 1 aromatic heterocycles. The third kappa shape index (κ3) is 3.94. The molecular formula is C24H24N4O3. The van der Waals surface area contributed by atoms with Crippen LogP contribution < -0.4 is 10.9 Å². The summed E-state index contributed by atoms with van der Waals surface area (Å²) in [6.45, 7) is 4.13.